The van der Waals surface area contributed by atoms with Crippen molar-refractivity contribution in [1.29, 1.82) is 0 Å². The van der Waals surface area contributed by atoms with Crippen LogP contribution in [0.4, 0.5) is 0 Å². The van der Waals surface area contributed by atoms with E-state index in [9.17, 15) is 0 Å². The number of aryl methyl sites for hydroxylation is 1. The fourth-order valence-electron chi connectivity index (χ4n) is 3.91. The van der Waals surface area contributed by atoms with Gasteiger partial charge in [0.05, 0.1) is 29.4 Å². The highest BCUT2D eigenvalue weighted by Crippen LogP contribution is 2.29. The van der Waals surface area contributed by atoms with Gasteiger partial charge >= 0.3 is 0 Å². The maximum atomic E-state index is 5.85. The van der Waals surface area contributed by atoms with Crippen LogP contribution in [0, 0.1) is 6.92 Å². The van der Waals surface area contributed by atoms with E-state index >= 15 is 0 Å². The molecule has 31 heavy (non-hydrogen) atoms. The largest absolute Gasteiger partial charge is 0.492 e. The van der Waals surface area contributed by atoms with Crippen LogP contribution in [0.5, 0.6) is 5.75 Å². The average Bonchev–Trinajstić information content (AvgIpc) is 3.48. The fraction of sp³-hybridized carbons (Fsp3) is 0.444. The van der Waals surface area contributed by atoms with Crippen molar-refractivity contribution >= 4 is 11.8 Å². The Bertz CT molecular complexity index is 926. The van der Waals surface area contributed by atoms with Crippen molar-refractivity contribution < 1.29 is 4.74 Å². The summed E-state index contributed by atoms with van der Waals surface area (Å²) in [6.45, 7) is 8.48. The lowest BCUT2D eigenvalue weighted by Crippen LogP contribution is -1.92. The molecule has 0 radical (unpaired) electrons. The molecule has 4 nitrogen and oxygen atoms in total. The minimum absolute atomic E-state index is 0.635. The number of nitrogens with zero attached hydrogens (tertiary/aromatic N) is 1. The molecule has 2 N–H and O–H groups in total. The van der Waals surface area contributed by atoms with Crippen molar-refractivity contribution in [3.05, 3.63) is 60.1 Å². The van der Waals surface area contributed by atoms with E-state index in [-0.39, 0.29) is 0 Å². The molecule has 0 saturated carbocycles. The first kappa shape index (κ1) is 22.9. The van der Waals surface area contributed by atoms with Gasteiger partial charge in [-0.05, 0) is 69.9 Å². The number of H-pyrrole nitrogens is 2. The number of hydrogen-bond donors (Lipinski definition) is 2. The molecule has 3 heterocycles. The molecule has 0 unspecified atom stereocenters. The third kappa shape index (κ3) is 7.16. The summed E-state index contributed by atoms with van der Waals surface area (Å²) in [7, 11) is 0. The highest BCUT2D eigenvalue weighted by Gasteiger charge is 2.12. The molecule has 166 valence electrons. The monoisotopic (exact) mass is 419 g/mol. The van der Waals surface area contributed by atoms with Gasteiger partial charge in [-0.1, -0.05) is 38.2 Å². The molecule has 0 fully saturated rings. The van der Waals surface area contributed by atoms with Crippen LogP contribution in [0.15, 0.2) is 53.7 Å². The minimum Gasteiger partial charge on any atom is -0.492 e. The number of aromatic nitrogens is 2. The summed E-state index contributed by atoms with van der Waals surface area (Å²) in [5.74, 6) is 0.863. The average molecular weight is 420 g/mol. The zero-order valence-corrected chi connectivity index (χ0v) is 19.2. The van der Waals surface area contributed by atoms with Crippen LogP contribution in [0.1, 0.15) is 76.1 Å². The van der Waals surface area contributed by atoms with Crippen LogP contribution in [0.2, 0.25) is 0 Å². The molecule has 2 aromatic rings. The predicted octanol–water partition coefficient (Wildman–Crippen LogP) is 7.77. The van der Waals surface area contributed by atoms with E-state index in [0.717, 1.165) is 47.1 Å². The lowest BCUT2D eigenvalue weighted by Gasteiger charge is -2.02. The Labute approximate surface area is 187 Å². The van der Waals surface area contributed by atoms with Crippen molar-refractivity contribution in [2.75, 3.05) is 6.61 Å². The molecule has 2 aromatic heterocycles. The third-order valence-corrected chi connectivity index (χ3v) is 5.58. The predicted molar refractivity (Wildman–Crippen MR) is 133 cm³/mol. The summed E-state index contributed by atoms with van der Waals surface area (Å²) < 4.78 is 5.85. The second-order valence-corrected chi connectivity index (χ2v) is 8.26. The van der Waals surface area contributed by atoms with E-state index in [1.54, 1.807) is 0 Å². The van der Waals surface area contributed by atoms with Gasteiger partial charge in [-0.15, -0.1) is 6.58 Å². The van der Waals surface area contributed by atoms with Gasteiger partial charge in [0.1, 0.15) is 5.75 Å². The van der Waals surface area contributed by atoms with E-state index < -0.39 is 0 Å². The van der Waals surface area contributed by atoms with E-state index in [1.165, 1.54) is 50.7 Å². The lowest BCUT2D eigenvalue weighted by atomic mass is 10.1. The van der Waals surface area contributed by atoms with Gasteiger partial charge in [0.25, 0.3) is 0 Å². The van der Waals surface area contributed by atoms with Gasteiger partial charge in [-0.3, -0.25) is 4.99 Å². The van der Waals surface area contributed by atoms with Crippen LogP contribution < -0.4 is 4.74 Å². The van der Waals surface area contributed by atoms with Gasteiger partial charge in [0.15, 0.2) is 0 Å². The van der Waals surface area contributed by atoms with Crippen molar-refractivity contribution in [2.24, 2.45) is 4.99 Å². The summed E-state index contributed by atoms with van der Waals surface area (Å²) >= 11 is 0. The Kier molecular flexibility index (Phi) is 9.01. The Morgan fingerprint density at radius 3 is 2.45 bits per heavy atom. The second-order valence-electron chi connectivity index (χ2n) is 8.26. The zero-order chi connectivity index (χ0) is 21.9. The first-order valence-electron chi connectivity index (χ1n) is 11.8. The number of aromatic amines is 2. The summed E-state index contributed by atoms with van der Waals surface area (Å²) in [5.41, 5.74) is 6.36. The van der Waals surface area contributed by atoms with Crippen LogP contribution in [-0.4, -0.2) is 22.3 Å². The van der Waals surface area contributed by atoms with E-state index in [0.29, 0.717) is 6.61 Å². The summed E-state index contributed by atoms with van der Waals surface area (Å²) in [6.07, 6.45) is 19.7. The van der Waals surface area contributed by atoms with Crippen molar-refractivity contribution in [1.82, 2.24) is 9.97 Å². The molecule has 0 saturated heterocycles. The molecular formula is C27H37N3O. The van der Waals surface area contributed by atoms with Crippen molar-refractivity contribution in [2.45, 2.75) is 71.6 Å². The summed E-state index contributed by atoms with van der Waals surface area (Å²) in [5, 5.41) is 0. The number of unbranched alkanes of at least 4 members (excludes halogenated alkanes) is 7. The Morgan fingerprint density at radius 1 is 0.968 bits per heavy atom. The number of aliphatic imine (C=N–C) groups is 1. The van der Waals surface area contributed by atoms with Gasteiger partial charge in [-0.25, -0.2) is 0 Å². The van der Waals surface area contributed by atoms with Crippen LogP contribution in [0.3, 0.4) is 0 Å². The van der Waals surface area contributed by atoms with Gasteiger partial charge < -0.3 is 14.7 Å². The zero-order valence-electron chi connectivity index (χ0n) is 19.2. The van der Waals surface area contributed by atoms with E-state index in [2.05, 4.69) is 59.9 Å². The first-order chi connectivity index (χ1) is 15.2. The standard InChI is InChI=1S/C27H37N3O/c1-4-6-7-8-9-10-11-12-13-14-22-16-17-23(29-22)19-26-27(31-5-2)20-25(30-26)24-18-15-21(3)28-24/h4,15-20,28,30H,1,5-14H2,2-3H3/b23-19+. The molecule has 0 aromatic carbocycles. The number of allylic oxidation sites excluding steroid dienone is 3. The Hall–Kier alpha value is -2.75. The summed E-state index contributed by atoms with van der Waals surface area (Å²) in [6, 6.07) is 6.22. The Morgan fingerprint density at radius 2 is 1.74 bits per heavy atom. The molecular weight excluding hydrogens is 382 g/mol. The first-order valence-corrected chi connectivity index (χ1v) is 11.8. The number of rotatable bonds is 14. The maximum absolute atomic E-state index is 5.85. The molecule has 0 amide bonds. The van der Waals surface area contributed by atoms with Crippen molar-refractivity contribution in [3.8, 4) is 17.1 Å². The van der Waals surface area contributed by atoms with E-state index in [4.69, 9.17) is 9.73 Å². The maximum Gasteiger partial charge on any atom is 0.144 e. The topological polar surface area (TPSA) is 53.2 Å². The molecule has 0 atom stereocenters. The SMILES string of the molecule is C=CCCCCCCCCCC1=N/C(=C/c2[nH]c(-c3ccc(C)[nH]3)cc2OCC)C=C1. The van der Waals surface area contributed by atoms with Gasteiger partial charge in [0, 0.05) is 17.5 Å². The number of ether oxygens (including phenoxy) is 1. The molecule has 4 heteroatoms. The molecule has 1 aliphatic rings. The second kappa shape index (κ2) is 12.2. The molecule has 1 aliphatic heterocycles. The fourth-order valence-corrected chi connectivity index (χ4v) is 3.91. The molecule has 0 bridgehead atoms. The quantitative estimate of drug-likeness (QED) is 0.238. The van der Waals surface area contributed by atoms with Crippen molar-refractivity contribution in [3.63, 3.8) is 0 Å². The third-order valence-electron chi connectivity index (χ3n) is 5.58. The smallest absolute Gasteiger partial charge is 0.144 e. The van der Waals surface area contributed by atoms with Crippen LogP contribution in [-0.2, 0) is 0 Å². The highest BCUT2D eigenvalue weighted by molar-refractivity contribution is 5.99. The van der Waals surface area contributed by atoms with Gasteiger partial charge in [-0.2, -0.15) is 0 Å². The van der Waals surface area contributed by atoms with Crippen LogP contribution in [0.25, 0.3) is 17.5 Å². The molecule has 0 spiro atoms. The molecule has 0 aliphatic carbocycles. The van der Waals surface area contributed by atoms with Gasteiger partial charge in [0.2, 0.25) is 0 Å². The number of hydrogen-bond acceptors (Lipinski definition) is 2. The number of nitrogens with one attached hydrogen (secondary N) is 2. The minimum atomic E-state index is 0.635. The highest BCUT2D eigenvalue weighted by atomic mass is 16.5. The lowest BCUT2D eigenvalue weighted by molar-refractivity contribution is 0.340. The Balaban J connectivity index is 1.50. The summed E-state index contributed by atoms with van der Waals surface area (Å²) in [4.78, 5) is 11.7. The van der Waals surface area contributed by atoms with E-state index in [1.807, 2.05) is 13.0 Å². The molecule has 3 rings (SSSR count). The normalized spacial score (nSPS) is 14.4. The van der Waals surface area contributed by atoms with Crippen LogP contribution >= 0.6 is 0 Å².